The van der Waals surface area contributed by atoms with Crippen molar-refractivity contribution in [3.63, 3.8) is 0 Å². The zero-order valence-corrected chi connectivity index (χ0v) is 27.3. The normalized spacial score (nSPS) is 8.61. The molecule has 0 spiro atoms. The van der Waals surface area contributed by atoms with Gasteiger partial charge in [-0.3, -0.25) is 0 Å². The molecular weight excluding hydrogens is 779 g/mol. The zero-order chi connectivity index (χ0) is 16.7. The molecule has 0 fully saturated rings. The first-order valence-electron chi connectivity index (χ1n) is 7.86. The molecule has 3 aromatic carbocycles. The van der Waals surface area contributed by atoms with Gasteiger partial charge in [-0.2, -0.15) is 47.5 Å². The molecule has 0 saturated carbocycles. The number of fused-ring (bicyclic) bond motifs is 3. The van der Waals surface area contributed by atoms with Crippen molar-refractivity contribution in [1.82, 2.24) is 0 Å². The zero-order valence-electron chi connectivity index (χ0n) is 16.1. The number of hydrogen-bond donors (Lipinski definition) is 0. The topological polar surface area (TPSA) is 0 Å². The van der Waals surface area contributed by atoms with E-state index in [9.17, 15) is 0 Å². The summed E-state index contributed by atoms with van der Waals surface area (Å²) in [6, 6.07) is 26.3. The molecule has 7 heteroatoms. The van der Waals surface area contributed by atoms with E-state index in [1.807, 2.05) is 18.2 Å². The number of benzene rings is 2. The second-order valence-electron chi connectivity index (χ2n) is 5.86. The molecule has 0 saturated heterocycles. The minimum absolute atomic E-state index is 0. The van der Waals surface area contributed by atoms with Crippen LogP contribution in [-0.4, -0.2) is 5.49 Å². The van der Waals surface area contributed by atoms with E-state index in [0.717, 1.165) is 6.42 Å². The quantitative estimate of drug-likeness (QED) is 0.123. The summed E-state index contributed by atoms with van der Waals surface area (Å²) in [6.45, 7) is 6.74. The molecule has 0 aromatic heterocycles. The van der Waals surface area contributed by atoms with Crippen LogP contribution < -0.4 is 49.6 Å². The van der Waals surface area contributed by atoms with Crippen molar-refractivity contribution in [1.29, 1.82) is 0 Å². The SMILES string of the molecule is C[Si](C)=[Hf+2].Cc1ccc[cH-]1.[Cl-].[Cl-].[Cl-].[Cl-].[Hf+4].[c-]1cccc2c1Cc1ccccc1-2. The Bertz CT molecular complexity index is 730. The van der Waals surface area contributed by atoms with E-state index >= 15 is 0 Å². The molecule has 0 nitrogen and oxygen atoms in total. The van der Waals surface area contributed by atoms with Gasteiger partial charge in [-0.25, -0.2) is 12.1 Å². The molecule has 0 bridgehead atoms. The molecule has 1 aliphatic rings. The Labute approximate surface area is 228 Å². The van der Waals surface area contributed by atoms with E-state index in [4.69, 9.17) is 0 Å². The van der Waals surface area contributed by atoms with Gasteiger partial charge in [-0.05, 0) is 6.42 Å². The third-order valence-corrected chi connectivity index (χ3v) is 3.45. The van der Waals surface area contributed by atoms with Crippen LogP contribution in [0, 0.1) is 13.0 Å². The van der Waals surface area contributed by atoms with Crippen molar-refractivity contribution < 1.29 is 98.5 Å². The van der Waals surface area contributed by atoms with Crippen LogP contribution in [0.1, 0.15) is 16.7 Å². The summed E-state index contributed by atoms with van der Waals surface area (Å²) in [5.74, 6) is 0. The first-order valence-corrected chi connectivity index (χ1v) is 15.7. The third kappa shape index (κ3) is 12.6. The smallest absolute Gasteiger partial charge is 1.00 e. The average Bonchev–Trinajstić information content (AvgIpc) is 3.13. The van der Waals surface area contributed by atoms with Gasteiger partial charge in [0.2, 0.25) is 0 Å². The third-order valence-electron chi connectivity index (χ3n) is 3.45. The van der Waals surface area contributed by atoms with Crippen LogP contribution in [0.25, 0.3) is 11.1 Å². The molecule has 0 heterocycles. The Morgan fingerprint density at radius 2 is 1.46 bits per heavy atom. The first-order chi connectivity index (χ1) is 11.1. The van der Waals surface area contributed by atoms with Crippen molar-refractivity contribution >= 4 is 5.49 Å². The first kappa shape index (κ1) is 36.3. The number of halogens is 4. The van der Waals surface area contributed by atoms with E-state index in [1.165, 1.54) is 50.8 Å². The van der Waals surface area contributed by atoms with Crippen LogP contribution in [0.15, 0.2) is 66.7 Å². The van der Waals surface area contributed by atoms with Crippen LogP contribution >= 0.6 is 0 Å². The van der Waals surface area contributed by atoms with E-state index in [2.05, 4.69) is 74.6 Å². The van der Waals surface area contributed by atoms with Crippen molar-refractivity contribution in [2.75, 3.05) is 0 Å². The summed E-state index contributed by atoms with van der Waals surface area (Å²) >= 11 is 1.45. The fourth-order valence-corrected chi connectivity index (χ4v) is 2.47. The second-order valence-corrected chi connectivity index (χ2v) is 18.6. The van der Waals surface area contributed by atoms with Crippen LogP contribution in [0.5, 0.6) is 0 Å². The summed E-state index contributed by atoms with van der Waals surface area (Å²) in [5, 5.41) is 0. The van der Waals surface area contributed by atoms with E-state index in [0.29, 0.717) is 0 Å². The molecule has 0 N–H and O–H groups in total. The average molecular weight is 801 g/mol. The largest absolute Gasteiger partial charge is 4.00 e. The molecular formula is C21H22Cl4Hf2Si. The minimum atomic E-state index is 0. The van der Waals surface area contributed by atoms with Crippen LogP contribution in [0.2, 0.25) is 13.1 Å². The predicted octanol–water partition coefficient (Wildman–Crippen LogP) is -6.43. The van der Waals surface area contributed by atoms with Gasteiger partial charge < -0.3 is 49.6 Å². The van der Waals surface area contributed by atoms with Crippen molar-refractivity contribution in [3.8, 4) is 11.1 Å². The van der Waals surface area contributed by atoms with Crippen LogP contribution in [-0.2, 0) is 55.3 Å². The van der Waals surface area contributed by atoms with Crippen LogP contribution in [0.3, 0.4) is 0 Å². The van der Waals surface area contributed by atoms with Gasteiger partial charge in [0, 0.05) is 0 Å². The maximum absolute atomic E-state index is 3.30. The molecule has 3 aromatic rings. The summed E-state index contributed by atoms with van der Waals surface area (Å²) in [7, 11) is 0. The van der Waals surface area contributed by atoms with Gasteiger partial charge in [-0.1, -0.05) is 42.3 Å². The Hall–Kier alpha value is 0.907. The number of aryl methyl sites for hydroxylation is 1. The molecule has 0 unspecified atom stereocenters. The van der Waals surface area contributed by atoms with Gasteiger partial charge in [-0.15, -0.1) is 5.56 Å². The molecule has 28 heavy (non-hydrogen) atoms. The Morgan fingerprint density at radius 1 is 0.893 bits per heavy atom. The van der Waals surface area contributed by atoms with Crippen molar-refractivity contribution in [2.24, 2.45) is 0 Å². The summed E-state index contributed by atoms with van der Waals surface area (Å²) in [4.78, 5) is 0. The number of hydrogen-bond acceptors (Lipinski definition) is 0. The molecule has 1 aliphatic carbocycles. The minimum Gasteiger partial charge on any atom is -1.00 e. The Morgan fingerprint density at radius 3 is 1.96 bits per heavy atom. The van der Waals surface area contributed by atoms with Crippen molar-refractivity contribution in [3.05, 3.63) is 89.5 Å². The summed E-state index contributed by atoms with van der Waals surface area (Å²) in [6.07, 6.45) is 1.05. The fourth-order valence-electron chi connectivity index (χ4n) is 2.47. The van der Waals surface area contributed by atoms with Gasteiger partial charge in [0.25, 0.3) is 0 Å². The maximum atomic E-state index is 3.30. The molecule has 146 valence electrons. The monoisotopic (exact) mass is 802 g/mol. The summed E-state index contributed by atoms with van der Waals surface area (Å²) < 4.78 is 0. The van der Waals surface area contributed by atoms with Gasteiger partial charge in [0.05, 0.1) is 0 Å². The second kappa shape index (κ2) is 19.8. The van der Waals surface area contributed by atoms with E-state index in [-0.39, 0.29) is 81.0 Å². The molecule has 0 amide bonds. The van der Waals surface area contributed by atoms with Crippen LogP contribution in [0.4, 0.5) is 0 Å². The predicted molar refractivity (Wildman–Crippen MR) is 97.8 cm³/mol. The Balaban J connectivity index is -0.000000168. The van der Waals surface area contributed by atoms with Gasteiger partial charge in [0.1, 0.15) is 0 Å². The standard InChI is InChI=1S/C13H9.C6H7.C2H6Si.4ClH.2Hf/c1-3-7-12-10(5-1)9-11-6-2-4-8-13(11)12;1-6-4-2-3-5-6;1-3-2;;;;;;/h1-5,7-8H,9H2;2-5H,1H3;1-2H3;4*1H;;/q2*-1;;;;;;+2;+4/p-4. The maximum Gasteiger partial charge on any atom is 4.00 e. The summed E-state index contributed by atoms with van der Waals surface area (Å²) in [5.41, 5.74) is 7.11. The molecule has 0 aliphatic heterocycles. The molecule has 0 atom stereocenters. The van der Waals surface area contributed by atoms with Gasteiger partial charge in [0.15, 0.2) is 0 Å². The van der Waals surface area contributed by atoms with Crippen molar-refractivity contribution in [2.45, 2.75) is 26.4 Å². The molecule has 4 rings (SSSR count). The number of rotatable bonds is 0. The van der Waals surface area contributed by atoms with E-state index < -0.39 is 0 Å². The van der Waals surface area contributed by atoms with E-state index in [1.54, 1.807) is 0 Å². The van der Waals surface area contributed by atoms with Gasteiger partial charge >= 0.3 is 67.4 Å². The fraction of sp³-hybridized carbons (Fsp3) is 0.190. The Kier molecular flexibility index (Phi) is 25.7. The molecule has 0 radical (unpaired) electrons.